The number of carbonyl (C=O) groups excluding carboxylic acids is 1. The quantitative estimate of drug-likeness (QED) is 0.715. The van der Waals surface area contributed by atoms with Crippen molar-refractivity contribution in [2.45, 2.75) is 57.9 Å². The maximum absolute atomic E-state index is 13.0. The highest BCUT2D eigenvalue weighted by atomic mass is 16.5. The summed E-state index contributed by atoms with van der Waals surface area (Å²) in [5.74, 6) is 1.03. The lowest BCUT2D eigenvalue weighted by Gasteiger charge is -2.26. The molecule has 1 saturated heterocycles. The average molecular weight is 370 g/mol. The molecule has 0 N–H and O–H groups in total. The summed E-state index contributed by atoms with van der Waals surface area (Å²) >= 11 is 0. The summed E-state index contributed by atoms with van der Waals surface area (Å²) in [5.41, 5.74) is 2.65. The summed E-state index contributed by atoms with van der Waals surface area (Å²) in [6, 6.07) is 4.05. The number of fused-ring (bicyclic) bond motifs is 1. The number of carbonyl (C=O) groups is 1. The molecule has 3 heterocycles. The smallest absolute Gasteiger partial charge is 0.257 e. The van der Waals surface area contributed by atoms with Gasteiger partial charge in [0.25, 0.3) is 5.91 Å². The Kier molecular flexibility index (Phi) is 6.07. The van der Waals surface area contributed by atoms with Crippen molar-refractivity contribution in [3.05, 3.63) is 30.1 Å². The molecule has 0 unspecified atom stereocenters. The molecule has 5 heteroatoms. The molecule has 0 aromatic carbocycles. The molecule has 2 fully saturated rings. The molecule has 1 aliphatic heterocycles. The topological polar surface area (TPSA) is 47.4 Å². The number of unbranched alkanes of at least 4 members (excludes halogenated alkanes) is 1. The van der Waals surface area contributed by atoms with Crippen LogP contribution in [-0.4, -0.2) is 46.7 Å². The van der Waals surface area contributed by atoms with E-state index in [0.29, 0.717) is 26.3 Å². The van der Waals surface area contributed by atoms with Gasteiger partial charge in [0, 0.05) is 32.0 Å². The highest BCUT2D eigenvalue weighted by Gasteiger charge is 2.23. The van der Waals surface area contributed by atoms with E-state index in [1.54, 1.807) is 6.20 Å². The Morgan fingerprint density at radius 2 is 1.96 bits per heavy atom. The number of aryl methyl sites for hydroxylation is 1. The standard InChI is InChI=1S/C22H31N3O2/c26-22(24-13-15-27-16-14-24)19-17-25(20-10-6-11-23-21(19)20)12-5-4-9-18-7-2-1-3-8-18/h6,10-11,17-18H,1-5,7-9,12-16H2. The van der Waals surface area contributed by atoms with Crippen molar-refractivity contribution in [2.75, 3.05) is 26.3 Å². The van der Waals surface area contributed by atoms with Crippen LogP contribution in [-0.2, 0) is 11.3 Å². The largest absolute Gasteiger partial charge is 0.378 e. The molecule has 2 aromatic rings. The highest BCUT2D eigenvalue weighted by molar-refractivity contribution is 6.05. The van der Waals surface area contributed by atoms with Gasteiger partial charge < -0.3 is 14.2 Å². The highest BCUT2D eigenvalue weighted by Crippen LogP contribution is 2.28. The molecule has 2 aliphatic rings. The Hall–Kier alpha value is -1.88. The van der Waals surface area contributed by atoms with Crippen molar-refractivity contribution >= 4 is 16.9 Å². The first kappa shape index (κ1) is 18.5. The number of rotatable bonds is 6. The zero-order valence-electron chi connectivity index (χ0n) is 16.2. The zero-order valence-corrected chi connectivity index (χ0v) is 16.2. The number of hydrogen-bond acceptors (Lipinski definition) is 3. The third kappa shape index (κ3) is 4.34. The summed E-state index contributed by atoms with van der Waals surface area (Å²) in [7, 11) is 0. The van der Waals surface area contributed by atoms with E-state index in [2.05, 4.69) is 15.6 Å². The molecule has 0 bridgehead atoms. The third-order valence-electron chi connectivity index (χ3n) is 6.15. The number of morpholine rings is 1. The van der Waals surface area contributed by atoms with E-state index in [-0.39, 0.29) is 5.91 Å². The third-order valence-corrected chi connectivity index (χ3v) is 6.15. The Bertz CT molecular complexity index is 758. The molecule has 1 aliphatic carbocycles. The molecular formula is C22H31N3O2. The van der Waals surface area contributed by atoms with E-state index in [1.165, 1.54) is 51.4 Å². The predicted octanol–water partition coefficient (Wildman–Crippen LogP) is 4.26. The molecule has 27 heavy (non-hydrogen) atoms. The van der Waals surface area contributed by atoms with E-state index in [0.717, 1.165) is 29.1 Å². The summed E-state index contributed by atoms with van der Waals surface area (Å²) in [6.07, 6.45) is 14.7. The van der Waals surface area contributed by atoms with E-state index < -0.39 is 0 Å². The van der Waals surface area contributed by atoms with Crippen LogP contribution in [0.15, 0.2) is 24.5 Å². The van der Waals surface area contributed by atoms with Crippen molar-refractivity contribution in [2.24, 2.45) is 5.92 Å². The van der Waals surface area contributed by atoms with Crippen molar-refractivity contribution in [1.82, 2.24) is 14.5 Å². The molecule has 0 spiro atoms. The van der Waals surface area contributed by atoms with Gasteiger partial charge in [0.1, 0.15) is 5.52 Å². The van der Waals surface area contributed by atoms with Gasteiger partial charge in [-0.05, 0) is 24.5 Å². The van der Waals surface area contributed by atoms with Gasteiger partial charge in [0.2, 0.25) is 0 Å². The molecule has 5 nitrogen and oxygen atoms in total. The fourth-order valence-electron chi connectivity index (χ4n) is 4.59. The van der Waals surface area contributed by atoms with Gasteiger partial charge in [0.05, 0.1) is 24.3 Å². The minimum absolute atomic E-state index is 0.0861. The fraction of sp³-hybridized carbons (Fsp3) is 0.636. The normalized spacial score (nSPS) is 18.9. The first-order valence-electron chi connectivity index (χ1n) is 10.6. The van der Waals surface area contributed by atoms with Crippen LogP contribution in [0.2, 0.25) is 0 Å². The van der Waals surface area contributed by atoms with Crippen molar-refractivity contribution in [1.29, 1.82) is 0 Å². The molecular weight excluding hydrogens is 338 g/mol. The Balaban J connectivity index is 1.42. The summed E-state index contributed by atoms with van der Waals surface area (Å²) in [4.78, 5) is 19.4. The number of nitrogens with zero attached hydrogens (tertiary/aromatic N) is 3. The van der Waals surface area contributed by atoms with Gasteiger partial charge in [0.15, 0.2) is 0 Å². The maximum atomic E-state index is 13.0. The van der Waals surface area contributed by atoms with E-state index in [1.807, 2.05) is 17.2 Å². The maximum Gasteiger partial charge on any atom is 0.257 e. The molecule has 4 rings (SSSR count). The van der Waals surface area contributed by atoms with Crippen LogP contribution in [0.4, 0.5) is 0 Å². The van der Waals surface area contributed by atoms with E-state index in [4.69, 9.17) is 4.74 Å². The minimum Gasteiger partial charge on any atom is -0.378 e. The molecule has 0 radical (unpaired) electrons. The lowest BCUT2D eigenvalue weighted by molar-refractivity contribution is 0.0304. The Labute approximate surface area is 161 Å². The molecule has 1 amide bonds. The van der Waals surface area contributed by atoms with Crippen LogP contribution in [0, 0.1) is 5.92 Å². The second-order valence-electron chi connectivity index (χ2n) is 8.01. The first-order chi connectivity index (χ1) is 13.3. The zero-order chi connectivity index (χ0) is 18.5. The second kappa shape index (κ2) is 8.87. The lowest BCUT2D eigenvalue weighted by atomic mass is 9.86. The van der Waals surface area contributed by atoms with Crippen LogP contribution >= 0.6 is 0 Å². The summed E-state index contributed by atoms with van der Waals surface area (Å²) in [5, 5.41) is 0. The van der Waals surface area contributed by atoms with Gasteiger partial charge in [-0.25, -0.2) is 0 Å². The first-order valence-corrected chi connectivity index (χ1v) is 10.6. The van der Waals surface area contributed by atoms with Crippen LogP contribution in [0.3, 0.4) is 0 Å². The number of amides is 1. The Morgan fingerprint density at radius 1 is 1.15 bits per heavy atom. The van der Waals surface area contributed by atoms with Crippen LogP contribution < -0.4 is 0 Å². The molecule has 146 valence electrons. The van der Waals surface area contributed by atoms with Gasteiger partial charge in [-0.2, -0.15) is 0 Å². The lowest BCUT2D eigenvalue weighted by Crippen LogP contribution is -2.40. The van der Waals surface area contributed by atoms with Gasteiger partial charge in [-0.15, -0.1) is 0 Å². The SMILES string of the molecule is O=C(c1cn(CCCCC2CCCCC2)c2cccnc12)N1CCOCC1. The minimum atomic E-state index is 0.0861. The van der Waals surface area contributed by atoms with Crippen molar-refractivity contribution in [3.8, 4) is 0 Å². The fourth-order valence-corrected chi connectivity index (χ4v) is 4.59. The molecule has 1 saturated carbocycles. The summed E-state index contributed by atoms with van der Waals surface area (Å²) < 4.78 is 7.61. The van der Waals surface area contributed by atoms with Gasteiger partial charge in [-0.1, -0.05) is 44.9 Å². The molecule has 0 atom stereocenters. The predicted molar refractivity (Wildman–Crippen MR) is 107 cm³/mol. The summed E-state index contributed by atoms with van der Waals surface area (Å²) in [6.45, 7) is 3.54. The monoisotopic (exact) mass is 369 g/mol. The number of aromatic nitrogens is 2. The van der Waals surface area contributed by atoms with E-state index in [9.17, 15) is 4.79 Å². The number of hydrogen-bond donors (Lipinski definition) is 0. The van der Waals surface area contributed by atoms with Crippen LogP contribution in [0.1, 0.15) is 61.7 Å². The van der Waals surface area contributed by atoms with Crippen LogP contribution in [0.5, 0.6) is 0 Å². The molecule has 2 aromatic heterocycles. The van der Waals surface area contributed by atoms with Gasteiger partial charge >= 0.3 is 0 Å². The van der Waals surface area contributed by atoms with Crippen molar-refractivity contribution in [3.63, 3.8) is 0 Å². The number of pyridine rings is 1. The van der Waals surface area contributed by atoms with Crippen molar-refractivity contribution < 1.29 is 9.53 Å². The number of ether oxygens (including phenoxy) is 1. The van der Waals surface area contributed by atoms with Crippen LogP contribution in [0.25, 0.3) is 11.0 Å². The average Bonchev–Trinajstić information content (AvgIpc) is 3.11. The van der Waals surface area contributed by atoms with Gasteiger partial charge in [-0.3, -0.25) is 9.78 Å². The Morgan fingerprint density at radius 3 is 2.78 bits per heavy atom. The second-order valence-corrected chi connectivity index (χ2v) is 8.01. The van der Waals surface area contributed by atoms with E-state index >= 15 is 0 Å².